The highest BCUT2D eigenvalue weighted by Gasteiger charge is 2.50. The summed E-state index contributed by atoms with van der Waals surface area (Å²) in [7, 11) is 0. The molecule has 2 aliphatic rings. The first-order valence-electron chi connectivity index (χ1n) is 6.51. The Balaban J connectivity index is 2.01. The van der Waals surface area contributed by atoms with E-state index in [1.54, 1.807) is 37.3 Å². The summed E-state index contributed by atoms with van der Waals surface area (Å²) in [5.74, 6) is -1.59. The Morgan fingerprint density at radius 2 is 2.00 bits per heavy atom. The van der Waals surface area contributed by atoms with E-state index in [1.807, 2.05) is 0 Å². The van der Waals surface area contributed by atoms with Gasteiger partial charge in [-0.25, -0.2) is 15.1 Å². The number of nitrogens with zero attached hydrogens (tertiary/aromatic N) is 1. The van der Waals surface area contributed by atoms with Crippen LogP contribution in [0.4, 0.5) is 5.69 Å². The van der Waals surface area contributed by atoms with Crippen LogP contribution in [0, 0.1) is 0 Å². The van der Waals surface area contributed by atoms with Crippen LogP contribution in [0.3, 0.4) is 0 Å². The van der Waals surface area contributed by atoms with E-state index in [2.05, 4.69) is 10.9 Å². The van der Waals surface area contributed by atoms with Gasteiger partial charge in [0.15, 0.2) is 0 Å². The first-order valence-corrected chi connectivity index (χ1v) is 6.51. The van der Waals surface area contributed by atoms with Crippen LogP contribution in [0.25, 0.3) is 0 Å². The van der Waals surface area contributed by atoms with Gasteiger partial charge < -0.3 is 10.2 Å². The number of hydrogen-bond donors (Lipinski definition) is 2. The minimum Gasteiger partial charge on any atom is -0.461 e. The molecule has 0 aromatic heterocycles. The monoisotopic (exact) mass is 287 g/mol. The van der Waals surface area contributed by atoms with Gasteiger partial charge in [-0.3, -0.25) is 9.59 Å². The summed E-state index contributed by atoms with van der Waals surface area (Å²) in [6.07, 6.45) is 0. The Hall–Kier alpha value is -2.67. The maximum absolute atomic E-state index is 12.5. The molecule has 1 fully saturated rings. The van der Waals surface area contributed by atoms with Gasteiger partial charge in [0.1, 0.15) is 11.7 Å². The van der Waals surface area contributed by atoms with Crippen LogP contribution in [0.15, 0.2) is 41.6 Å². The van der Waals surface area contributed by atoms with Crippen molar-refractivity contribution < 1.29 is 19.1 Å². The van der Waals surface area contributed by atoms with E-state index in [0.717, 1.165) is 4.90 Å². The van der Waals surface area contributed by atoms with E-state index in [0.29, 0.717) is 5.69 Å². The minimum atomic E-state index is -0.864. The fourth-order valence-electron chi connectivity index (χ4n) is 2.38. The Morgan fingerprint density at radius 3 is 2.67 bits per heavy atom. The second kappa shape index (κ2) is 5.02. The second-order valence-corrected chi connectivity index (χ2v) is 4.53. The fourth-order valence-corrected chi connectivity index (χ4v) is 2.38. The van der Waals surface area contributed by atoms with Crippen molar-refractivity contribution in [2.24, 2.45) is 0 Å². The van der Waals surface area contributed by atoms with E-state index in [-0.39, 0.29) is 17.9 Å². The number of amides is 2. The molecule has 3 rings (SSSR count). The molecule has 2 heterocycles. The van der Waals surface area contributed by atoms with E-state index < -0.39 is 23.8 Å². The van der Waals surface area contributed by atoms with Crippen molar-refractivity contribution in [1.82, 2.24) is 10.9 Å². The number of para-hydroxylation sites is 1. The summed E-state index contributed by atoms with van der Waals surface area (Å²) in [6, 6.07) is 7.71. The van der Waals surface area contributed by atoms with Crippen LogP contribution >= 0.6 is 0 Å². The average Bonchev–Trinajstić information content (AvgIpc) is 3.02. The fraction of sp³-hybridized carbons (Fsp3) is 0.214. The number of hydrogen-bond acceptors (Lipinski definition) is 6. The van der Waals surface area contributed by atoms with Crippen molar-refractivity contribution in [1.29, 1.82) is 0 Å². The molecule has 0 saturated carbocycles. The minimum absolute atomic E-state index is 0.00127. The quantitative estimate of drug-likeness (QED) is 0.594. The second-order valence-electron chi connectivity index (χ2n) is 4.53. The van der Waals surface area contributed by atoms with E-state index in [1.165, 1.54) is 0 Å². The molecule has 2 N–H and O–H groups in total. The van der Waals surface area contributed by atoms with Crippen molar-refractivity contribution in [3.63, 3.8) is 0 Å². The van der Waals surface area contributed by atoms with Crippen LogP contribution in [0.5, 0.6) is 0 Å². The lowest BCUT2D eigenvalue weighted by molar-refractivity contribution is -0.139. The summed E-state index contributed by atoms with van der Waals surface area (Å²) in [4.78, 5) is 37.7. The molecule has 1 unspecified atom stereocenters. The highest BCUT2D eigenvalue weighted by Crippen LogP contribution is 2.30. The number of rotatable bonds is 3. The van der Waals surface area contributed by atoms with Gasteiger partial charge in [0.2, 0.25) is 0 Å². The number of fused-ring (bicyclic) bond motifs is 1. The van der Waals surface area contributed by atoms with Gasteiger partial charge in [-0.2, -0.15) is 0 Å². The van der Waals surface area contributed by atoms with E-state index >= 15 is 0 Å². The molecule has 2 aliphatic heterocycles. The molecule has 1 atom stereocenters. The first kappa shape index (κ1) is 13.3. The number of hydrazine groups is 1. The molecule has 0 radical (unpaired) electrons. The molecular formula is C14H13N3O4. The number of nitrogens with one attached hydrogen (secondary N) is 2. The van der Waals surface area contributed by atoms with Crippen molar-refractivity contribution in [3.05, 3.63) is 41.6 Å². The number of imide groups is 1. The van der Waals surface area contributed by atoms with Crippen molar-refractivity contribution in [2.75, 3.05) is 11.5 Å². The Kier molecular flexibility index (Phi) is 3.19. The maximum atomic E-state index is 12.5. The lowest BCUT2D eigenvalue weighted by Gasteiger charge is -2.15. The van der Waals surface area contributed by atoms with Gasteiger partial charge in [0.05, 0.1) is 17.9 Å². The van der Waals surface area contributed by atoms with Gasteiger partial charge in [-0.15, -0.1) is 0 Å². The lowest BCUT2D eigenvalue weighted by Crippen LogP contribution is -2.42. The molecule has 0 bridgehead atoms. The zero-order valence-electron chi connectivity index (χ0n) is 11.3. The smallest absolute Gasteiger partial charge is 0.356 e. The third kappa shape index (κ3) is 1.98. The van der Waals surface area contributed by atoms with Crippen LogP contribution in [0.1, 0.15) is 6.92 Å². The number of benzene rings is 1. The number of anilines is 1. The van der Waals surface area contributed by atoms with Gasteiger partial charge in [-0.05, 0) is 19.1 Å². The molecule has 2 amide bonds. The average molecular weight is 287 g/mol. The summed E-state index contributed by atoms with van der Waals surface area (Å²) in [6.45, 7) is 1.85. The van der Waals surface area contributed by atoms with Crippen LogP contribution in [-0.4, -0.2) is 30.4 Å². The van der Waals surface area contributed by atoms with Crippen molar-refractivity contribution >= 4 is 23.5 Å². The van der Waals surface area contributed by atoms with E-state index in [9.17, 15) is 14.4 Å². The summed E-state index contributed by atoms with van der Waals surface area (Å²) in [5, 5.41) is 0. The molecule has 7 nitrogen and oxygen atoms in total. The largest absolute Gasteiger partial charge is 0.461 e. The zero-order valence-corrected chi connectivity index (χ0v) is 11.3. The van der Waals surface area contributed by atoms with Gasteiger partial charge in [0.25, 0.3) is 11.8 Å². The number of ether oxygens (including phenoxy) is 1. The van der Waals surface area contributed by atoms with Gasteiger partial charge >= 0.3 is 5.97 Å². The molecule has 0 spiro atoms. The maximum Gasteiger partial charge on any atom is 0.356 e. The summed E-state index contributed by atoms with van der Waals surface area (Å²) < 4.78 is 4.88. The van der Waals surface area contributed by atoms with Crippen molar-refractivity contribution in [3.8, 4) is 0 Å². The van der Waals surface area contributed by atoms with Crippen molar-refractivity contribution in [2.45, 2.75) is 13.0 Å². The Morgan fingerprint density at radius 1 is 1.29 bits per heavy atom. The third-order valence-electron chi connectivity index (χ3n) is 3.29. The van der Waals surface area contributed by atoms with Gasteiger partial charge in [-0.1, -0.05) is 18.2 Å². The summed E-state index contributed by atoms with van der Waals surface area (Å²) >= 11 is 0. The lowest BCUT2D eigenvalue weighted by atomic mass is 10.1. The third-order valence-corrected chi connectivity index (χ3v) is 3.29. The standard InChI is InChI=1S/C14H13N3O4/c1-2-21-14(20)11-9-10(15-16-11)13(19)17(12(9)18)8-6-4-3-5-7-8/h3-7,10,15-16H,2H2,1H3. The molecule has 1 aromatic carbocycles. The predicted molar refractivity (Wildman–Crippen MR) is 72.7 cm³/mol. The number of carbonyl (C=O) groups excluding carboxylic acids is 3. The van der Waals surface area contributed by atoms with Crippen LogP contribution < -0.4 is 15.8 Å². The summed E-state index contributed by atoms with van der Waals surface area (Å²) in [5.41, 5.74) is 5.78. The predicted octanol–water partition coefficient (Wildman–Crippen LogP) is -0.147. The number of esters is 1. The van der Waals surface area contributed by atoms with Gasteiger partial charge in [0, 0.05) is 0 Å². The zero-order chi connectivity index (χ0) is 15.0. The Bertz CT molecular complexity index is 653. The normalized spacial score (nSPS) is 20.6. The molecule has 108 valence electrons. The molecule has 21 heavy (non-hydrogen) atoms. The molecular weight excluding hydrogens is 274 g/mol. The topological polar surface area (TPSA) is 87.7 Å². The highest BCUT2D eigenvalue weighted by atomic mass is 16.5. The van der Waals surface area contributed by atoms with E-state index in [4.69, 9.17) is 4.74 Å². The molecule has 0 aliphatic carbocycles. The van der Waals surface area contributed by atoms with Crippen LogP contribution in [0.2, 0.25) is 0 Å². The SMILES string of the molecule is CCOC(=O)C1=C2C(=O)N(c3ccccc3)C(=O)C2NN1. The molecule has 1 aromatic rings. The Labute approximate surface area is 120 Å². The van der Waals surface area contributed by atoms with Crippen LogP contribution in [-0.2, 0) is 19.1 Å². The molecule has 1 saturated heterocycles. The first-order chi connectivity index (χ1) is 10.1. The highest BCUT2D eigenvalue weighted by molar-refractivity contribution is 6.32. The number of carbonyl (C=O) groups is 3. The molecule has 7 heteroatoms.